The fourth-order valence-electron chi connectivity index (χ4n) is 1.48. The van der Waals surface area contributed by atoms with Crippen LogP contribution in [0.5, 0.6) is 0 Å². The van der Waals surface area contributed by atoms with Crippen molar-refractivity contribution < 1.29 is 22.8 Å². The van der Waals surface area contributed by atoms with E-state index in [9.17, 15) is 22.8 Å². The molecule has 22 heavy (non-hydrogen) atoms. The lowest BCUT2D eigenvalue weighted by Crippen LogP contribution is -2.29. The molecule has 0 saturated heterocycles. The predicted octanol–water partition coefficient (Wildman–Crippen LogP) is 2.75. The number of aromatic nitrogens is 1. The maximum absolute atomic E-state index is 13.4. The van der Waals surface area contributed by atoms with Gasteiger partial charge in [0.2, 0.25) is 0 Å². The van der Waals surface area contributed by atoms with Crippen LogP contribution in [-0.4, -0.2) is 16.8 Å². The van der Waals surface area contributed by atoms with E-state index in [0.29, 0.717) is 11.8 Å². The monoisotopic (exact) mass is 329 g/mol. The maximum Gasteiger partial charge on any atom is 0.315 e. The first-order valence-corrected chi connectivity index (χ1v) is 6.81. The first-order chi connectivity index (χ1) is 10.3. The van der Waals surface area contributed by atoms with Gasteiger partial charge < -0.3 is 5.32 Å². The molecule has 1 heterocycles. The number of benzene rings is 1. The van der Waals surface area contributed by atoms with E-state index in [4.69, 9.17) is 0 Å². The first kappa shape index (κ1) is 16.0. The summed E-state index contributed by atoms with van der Waals surface area (Å²) in [6, 6.07) is 1.45. The van der Waals surface area contributed by atoms with Crippen molar-refractivity contribution in [3.8, 4) is 0 Å². The van der Waals surface area contributed by atoms with Crippen molar-refractivity contribution in [1.29, 1.82) is 0 Å². The van der Waals surface area contributed by atoms with Crippen molar-refractivity contribution in [3.63, 3.8) is 0 Å². The summed E-state index contributed by atoms with van der Waals surface area (Å²) in [4.78, 5) is 28.2. The van der Waals surface area contributed by atoms with Crippen LogP contribution in [0, 0.1) is 31.3 Å². The SMILES string of the molecule is Cc1nc(NC(=O)C(=O)Nc2ccc(F)c(F)c2F)sc1C. The molecule has 0 aliphatic heterocycles. The van der Waals surface area contributed by atoms with E-state index in [2.05, 4.69) is 10.3 Å². The number of thiazole rings is 1. The lowest BCUT2D eigenvalue weighted by Gasteiger charge is -2.06. The minimum absolute atomic E-state index is 0.209. The summed E-state index contributed by atoms with van der Waals surface area (Å²) < 4.78 is 39.2. The lowest BCUT2D eigenvalue weighted by molar-refractivity contribution is -0.133. The average molecular weight is 329 g/mol. The number of nitrogens with one attached hydrogen (secondary N) is 2. The highest BCUT2D eigenvalue weighted by molar-refractivity contribution is 7.15. The summed E-state index contributed by atoms with van der Waals surface area (Å²) >= 11 is 1.17. The third-order valence-corrected chi connectivity index (χ3v) is 3.73. The minimum atomic E-state index is -1.73. The molecule has 0 unspecified atom stereocenters. The highest BCUT2D eigenvalue weighted by atomic mass is 32.1. The zero-order valence-corrected chi connectivity index (χ0v) is 12.3. The number of halogens is 3. The normalized spacial score (nSPS) is 10.4. The van der Waals surface area contributed by atoms with Crippen molar-refractivity contribution in [2.24, 2.45) is 0 Å². The molecule has 0 spiro atoms. The van der Waals surface area contributed by atoms with Crippen molar-refractivity contribution in [1.82, 2.24) is 4.98 Å². The Morgan fingerprint density at radius 1 is 1.05 bits per heavy atom. The van der Waals surface area contributed by atoms with Crippen molar-refractivity contribution >= 4 is 34.0 Å². The second kappa shape index (κ2) is 6.14. The van der Waals surface area contributed by atoms with Crippen LogP contribution in [0.2, 0.25) is 0 Å². The Bertz CT molecular complexity index is 742. The molecule has 0 saturated carbocycles. The molecule has 1 aromatic heterocycles. The lowest BCUT2D eigenvalue weighted by atomic mass is 10.2. The Balaban J connectivity index is 2.09. The molecule has 5 nitrogen and oxygen atoms in total. The topological polar surface area (TPSA) is 71.1 Å². The van der Waals surface area contributed by atoms with Gasteiger partial charge >= 0.3 is 11.8 Å². The molecule has 0 aliphatic rings. The van der Waals surface area contributed by atoms with E-state index < -0.39 is 35.0 Å². The van der Waals surface area contributed by atoms with Gasteiger partial charge in [-0.2, -0.15) is 0 Å². The van der Waals surface area contributed by atoms with Crippen LogP contribution < -0.4 is 10.6 Å². The molecule has 116 valence electrons. The van der Waals surface area contributed by atoms with E-state index in [1.807, 2.05) is 5.32 Å². The Morgan fingerprint density at radius 3 is 2.27 bits per heavy atom. The van der Waals surface area contributed by atoms with E-state index >= 15 is 0 Å². The van der Waals surface area contributed by atoms with Gasteiger partial charge in [0, 0.05) is 4.88 Å². The van der Waals surface area contributed by atoms with E-state index in [1.54, 1.807) is 13.8 Å². The molecule has 2 N–H and O–H groups in total. The molecule has 0 atom stereocenters. The number of aryl methyl sites for hydroxylation is 2. The second-order valence-corrected chi connectivity index (χ2v) is 5.49. The molecular weight excluding hydrogens is 319 g/mol. The van der Waals surface area contributed by atoms with Gasteiger partial charge in [-0.05, 0) is 26.0 Å². The molecular formula is C13H10F3N3O2S. The van der Waals surface area contributed by atoms with Gasteiger partial charge in [-0.15, -0.1) is 11.3 Å². The van der Waals surface area contributed by atoms with Gasteiger partial charge in [-0.3, -0.25) is 14.9 Å². The Kier molecular flexibility index (Phi) is 4.45. The molecule has 0 radical (unpaired) electrons. The maximum atomic E-state index is 13.4. The third-order valence-electron chi connectivity index (χ3n) is 2.74. The smallest absolute Gasteiger partial charge is 0.315 e. The number of hydrogen-bond donors (Lipinski definition) is 2. The quantitative estimate of drug-likeness (QED) is 0.657. The Morgan fingerprint density at radius 2 is 1.68 bits per heavy atom. The van der Waals surface area contributed by atoms with Crippen LogP contribution >= 0.6 is 11.3 Å². The molecule has 9 heteroatoms. The van der Waals surface area contributed by atoms with Crippen molar-refractivity contribution in [3.05, 3.63) is 40.2 Å². The Hall–Kier alpha value is -2.42. The fraction of sp³-hybridized carbons (Fsp3) is 0.154. The number of amides is 2. The van der Waals surface area contributed by atoms with Gasteiger partial charge in [0.25, 0.3) is 0 Å². The standard InChI is InChI=1S/C13H10F3N3O2S/c1-5-6(2)22-13(17-5)19-12(21)11(20)18-8-4-3-7(14)9(15)10(8)16/h3-4H,1-2H3,(H,18,20)(H,17,19,21). The van der Waals surface area contributed by atoms with Crippen LogP contribution in [0.25, 0.3) is 0 Å². The molecule has 2 amide bonds. The van der Waals surface area contributed by atoms with Crippen LogP contribution in [0.3, 0.4) is 0 Å². The fourth-order valence-corrected chi connectivity index (χ4v) is 2.29. The summed E-state index contributed by atoms with van der Waals surface area (Å²) in [6.45, 7) is 3.53. The van der Waals surface area contributed by atoms with Gasteiger partial charge in [-0.1, -0.05) is 0 Å². The number of carbonyl (C=O) groups excluding carboxylic acids is 2. The van der Waals surface area contributed by atoms with E-state index in [1.165, 1.54) is 11.3 Å². The number of anilines is 2. The van der Waals surface area contributed by atoms with Gasteiger partial charge in [0.1, 0.15) is 0 Å². The van der Waals surface area contributed by atoms with Crippen LogP contribution in [-0.2, 0) is 9.59 Å². The zero-order chi connectivity index (χ0) is 16.4. The number of nitrogens with zero attached hydrogens (tertiary/aromatic N) is 1. The van der Waals surface area contributed by atoms with Gasteiger partial charge in [-0.25, -0.2) is 18.2 Å². The number of carbonyl (C=O) groups is 2. The highest BCUT2D eigenvalue weighted by Gasteiger charge is 2.20. The average Bonchev–Trinajstić information content (AvgIpc) is 2.77. The van der Waals surface area contributed by atoms with Crippen LogP contribution in [0.4, 0.5) is 24.0 Å². The molecule has 2 rings (SSSR count). The van der Waals surface area contributed by atoms with E-state index in [-0.39, 0.29) is 5.13 Å². The second-order valence-electron chi connectivity index (χ2n) is 4.29. The van der Waals surface area contributed by atoms with Gasteiger partial charge in [0.05, 0.1) is 11.4 Å². The molecule has 0 bridgehead atoms. The first-order valence-electron chi connectivity index (χ1n) is 5.99. The molecule has 0 fully saturated rings. The summed E-state index contributed by atoms with van der Waals surface area (Å²) in [6.07, 6.45) is 0. The number of hydrogen-bond acceptors (Lipinski definition) is 4. The molecule has 2 aromatic rings. The summed E-state index contributed by atoms with van der Waals surface area (Å²) in [5, 5.41) is 4.31. The minimum Gasteiger partial charge on any atom is -0.315 e. The van der Waals surface area contributed by atoms with Crippen LogP contribution in [0.1, 0.15) is 10.6 Å². The summed E-state index contributed by atoms with van der Waals surface area (Å²) in [5.41, 5.74) is 0.0675. The van der Waals surface area contributed by atoms with Crippen LogP contribution in [0.15, 0.2) is 12.1 Å². The van der Waals surface area contributed by atoms with Crippen molar-refractivity contribution in [2.45, 2.75) is 13.8 Å². The zero-order valence-electron chi connectivity index (χ0n) is 11.5. The summed E-state index contributed by atoms with van der Waals surface area (Å²) in [5.74, 6) is -7.03. The third kappa shape index (κ3) is 3.25. The van der Waals surface area contributed by atoms with Gasteiger partial charge in [0.15, 0.2) is 22.6 Å². The molecule has 1 aromatic carbocycles. The van der Waals surface area contributed by atoms with E-state index in [0.717, 1.165) is 10.9 Å². The number of rotatable bonds is 2. The summed E-state index contributed by atoms with van der Waals surface area (Å²) in [7, 11) is 0. The Labute approximate surface area is 127 Å². The largest absolute Gasteiger partial charge is 0.315 e. The molecule has 0 aliphatic carbocycles. The predicted molar refractivity (Wildman–Crippen MR) is 75.2 cm³/mol. The van der Waals surface area contributed by atoms with Crippen molar-refractivity contribution in [2.75, 3.05) is 10.6 Å². The highest BCUT2D eigenvalue weighted by Crippen LogP contribution is 2.22.